The summed E-state index contributed by atoms with van der Waals surface area (Å²) in [5.74, 6) is -1.04. The van der Waals surface area contributed by atoms with E-state index in [1.807, 2.05) is 0 Å². The van der Waals surface area contributed by atoms with Crippen molar-refractivity contribution >= 4 is 11.9 Å². The van der Waals surface area contributed by atoms with Gasteiger partial charge in [0.25, 0.3) is 0 Å². The van der Waals surface area contributed by atoms with Crippen LogP contribution in [0, 0.1) is 0 Å². The lowest BCUT2D eigenvalue weighted by molar-refractivity contribution is -0.142. The predicted molar refractivity (Wildman–Crippen MR) is 51.9 cm³/mol. The van der Waals surface area contributed by atoms with Gasteiger partial charge >= 0.3 is 11.9 Å². The van der Waals surface area contributed by atoms with Crippen LogP contribution >= 0.6 is 0 Å². The molecule has 0 aromatic heterocycles. The Morgan fingerprint density at radius 1 is 1.21 bits per heavy atom. The molecule has 0 aliphatic heterocycles. The van der Waals surface area contributed by atoms with Crippen molar-refractivity contribution in [3.63, 3.8) is 0 Å². The van der Waals surface area contributed by atoms with E-state index in [-0.39, 0.29) is 19.0 Å². The van der Waals surface area contributed by atoms with Gasteiger partial charge in [-0.3, -0.25) is 9.59 Å². The van der Waals surface area contributed by atoms with E-state index in [1.54, 1.807) is 0 Å². The third-order valence-corrected chi connectivity index (χ3v) is 1.63. The Kier molecular flexibility index (Phi) is 7.50. The number of rotatable bonds is 8. The molecule has 0 aromatic carbocycles. The second-order valence-electron chi connectivity index (χ2n) is 2.93. The number of carboxylic acids is 1. The summed E-state index contributed by atoms with van der Waals surface area (Å²) < 4.78 is 4.75. The molecule has 0 rings (SSSR count). The number of unbranched alkanes of at least 4 members (excludes halogenated alkanes) is 2. The van der Waals surface area contributed by atoms with Gasteiger partial charge in [-0.15, -0.1) is 0 Å². The van der Waals surface area contributed by atoms with Gasteiger partial charge in [-0.05, 0) is 12.8 Å². The first kappa shape index (κ1) is 12.7. The van der Waals surface area contributed by atoms with Gasteiger partial charge in [0.15, 0.2) is 0 Å². The Hall–Kier alpha value is -1.32. The summed E-state index contributed by atoms with van der Waals surface area (Å²) in [7, 11) is 0. The normalized spacial score (nSPS) is 9.43. The average Bonchev–Trinajstić information content (AvgIpc) is 2.13. The van der Waals surface area contributed by atoms with Gasteiger partial charge < -0.3 is 9.84 Å². The molecule has 14 heavy (non-hydrogen) atoms. The van der Waals surface area contributed by atoms with Gasteiger partial charge in [0.2, 0.25) is 0 Å². The van der Waals surface area contributed by atoms with Crippen molar-refractivity contribution < 1.29 is 19.4 Å². The van der Waals surface area contributed by atoms with Crippen molar-refractivity contribution in [2.75, 3.05) is 6.61 Å². The van der Waals surface area contributed by atoms with Crippen LogP contribution < -0.4 is 0 Å². The minimum Gasteiger partial charge on any atom is -0.481 e. The molecule has 0 aromatic rings. The lowest BCUT2D eigenvalue weighted by Gasteiger charge is -2.00. The third-order valence-electron chi connectivity index (χ3n) is 1.63. The molecule has 0 spiro atoms. The van der Waals surface area contributed by atoms with Gasteiger partial charge in [0.1, 0.15) is 6.61 Å². The highest BCUT2D eigenvalue weighted by Crippen LogP contribution is 2.03. The molecular weight excluding hydrogens is 184 g/mol. The number of hydrogen-bond donors (Lipinski definition) is 1. The fourth-order valence-corrected chi connectivity index (χ4v) is 0.946. The summed E-state index contributed by atoms with van der Waals surface area (Å²) in [4.78, 5) is 21.0. The molecule has 0 bridgehead atoms. The molecule has 0 aliphatic rings. The Morgan fingerprint density at radius 2 is 1.86 bits per heavy atom. The van der Waals surface area contributed by atoms with Crippen LogP contribution in [0.1, 0.15) is 32.1 Å². The molecule has 0 heterocycles. The number of carbonyl (C=O) groups is 2. The maximum Gasteiger partial charge on any atom is 0.306 e. The molecular formula is C10H16O4. The standard InChI is InChI=1S/C10H16O4/c1-2-8-14-10(13)7-5-3-4-6-9(11)12/h2H,1,3-8H2,(H,11,12). The lowest BCUT2D eigenvalue weighted by Crippen LogP contribution is -2.04. The SMILES string of the molecule is C=CCOC(=O)CCCCCC(=O)O. The topological polar surface area (TPSA) is 63.6 Å². The van der Waals surface area contributed by atoms with Crippen molar-refractivity contribution in [1.82, 2.24) is 0 Å². The van der Waals surface area contributed by atoms with Crippen LogP contribution in [0.5, 0.6) is 0 Å². The molecule has 0 saturated carbocycles. The number of esters is 1. The van der Waals surface area contributed by atoms with Gasteiger partial charge in [0.05, 0.1) is 0 Å². The summed E-state index contributed by atoms with van der Waals surface area (Å²) in [6.07, 6.45) is 4.08. The zero-order chi connectivity index (χ0) is 10.8. The summed E-state index contributed by atoms with van der Waals surface area (Å²) in [6, 6.07) is 0. The number of aliphatic carboxylic acids is 1. The van der Waals surface area contributed by atoms with Crippen LogP contribution in [-0.4, -0.2) is 23.7 Å². The molecule has 80 valence electrons. The fraction of sp³-hybridized carbons (Fsp3) is 0.600. The van der Waals surface area contributed by atoms with E-state index in [0.29, 0.717) is 19.3 Å². The number of carboxylic acid groups (broad SMARTS) is 1. The second kappa shape index (κ2) is 8.29. The monoisotopic (exact) mass is 200 g/mol. The zero-order valence-electron chi connectivity index (χ0n) is 8.20. The summed E-state index contributed by atoms with van der Waals surface area (Å²) in [5, 5.41) is 8.34. The highest BCUT2D eigenvalue weighted by molar-refractivity contribution is 5.69. The van der Waals surface area contributed by atoms with Crippen molar-refractivity contribution in [2.24, 2.45) is 0 Å². The molecule has 4 heteroatoms. The van der Waals surface area contributed by atoms with Gasteiger partial charge in [0, 0.05) is 12.8 Å². The Bertz CT molecular complexity index is 198. The second-order valence-corrected chi connectivity index (χ2v) is 2.93. The molecule has 0 unspecified atom stereocenters. The van der Waals surface area contributed by atoms with E-state index >= 15 is 0 Å². The fourth-order valence-electron chi connectivity index (χ4n) is 0.946. The predicted octanol–water partition coefficient (Wildman–Crippen LogP) is 1.75. The minimum atomic E-state index is -0.792. The van der Waals surface area contributed by atoms with Crippen LogP contribution in [0.15, 0.2) is 12.7 Å². The van der Waals surface area contributed by atoms with Crippen LogP contribution in [0.2, 0.25) is 0 Å². The zero-order valence-corrected chi connectivity index (χ0v) is 8.20. The van der Waals surface area contributed by atoms with Gasteiger partial charge in [-0.1, -0.05) is 19.1 Å². The van der Waals surface area contributed by atoms with Crippen LogP contribution in [0.25, 0.3) is 0 Å². The van der Waals surface area contributed by atoms with Crippen LogP contribution in [0.4, 0.5) is 0 Å². The van der Waals surface area contributed by atoms with E-state index in [1.165, 1.54) is 6.08 Å². The Morgan fingerprint density at radius 3 is 2.43 bits per heavy atom. The Labute approximate surface area is 83.6 Å². The van der Waals surface area contributed by atoms with Crippen molar-refractivity contribution in [3.8, 4) is 0 Å². The number of ether oxygens (including phenoxy) is 1. The molecule has 0 amide bonds. The van der Waals surface area contributed by atoms with E-state index in [2.05, 4.69) is 6.58 Å². The largest absolute Gasteiger partial charge is 0.481 e. The first-order valence-electron chi connectivity index (χ1n) is 4.65. The Balaban J connectivity index is 3.22. The highest BCUT2D eigenvalue weighted by atomic mass is 16.5. The van der Waals surface area contributed by atoms with Gasteiger partial charge in [-0.25, -0.2) is 0 Å². The molecule has 0 radical (unpaired) electrons. The minimum absolute atomic E-state index is 0.168. The van der Waals surface area contributed by atoms with E-state index < -0.39 is 5.97 Å². The molecule has 1 N–H and O–H groups in total. The van der Waals surface area contributed by atoms with Crippen molar-refractivity contribution in [3.05, 3.63) is 12.7 Å². The lowest BCUT2D eigenvalue weighted by atomic mass is 10.1. The van der Waals surface area contributed by atoms with Gasteiger partial charge in [-0.2, -0.15) is 0 Å². The first-order valence-corrected chi connectivity index (χ1v) is 4.65. The average molecular weight is 200 g/mol. The maximum atomic E-state index is 10.9. The number of carbonyl (C=O) groups excluding carboxylic acids is 1. The molecule has 0 aliphatic carbocycles. The summed E-state index contributed by atoms with van der Waals surface area (Å²) >= 11 is 0. The maximum absolute atomic E-state index is 10.9. The van der Waals surface area contributed by atoms with E-state index in [9.17, 15) is 9.59 Å². The highest BCUT2D eigenvalue weighted by Gasteiger charge is 2.02. The van der Waals surface area contributed by atoms with E-state index in [4.69, 9.17) is 9.84 Å². The van der Waals surface area contributed by atoms with Crippen molar-refractivity contribution in [2.45, 2.75) is 32.1 Å². The summed E-state index contributed by atoms with van der Waals surface area (Å²) in [5.41, 5.74) is 0. The van der Waals surface area contributed by atoms with Crippen molar-refractivity contribution in [1.29, 1.82) is 0 Å². The molecule has 0 fully saturated rings. The quantitative estimate of drug-likeness (QED) is 0.368. The van der Waals surface area contributed by atoms with Crippen LogP contribution in [-0.2, 0) is 14.3 Å². The van der Waals surface area contributed by atoms with E-state index in [0.717, 1.165) is 6.42 Å². The van der Waals surface area contributed by atoms with Crippen LogP contribution in [0.3, 0.4) is 0 Å². The molecule has 4 nitrogen and oxygen atoms in total. The number of hydrogen-bond acceptors (Lipinski definition) is 3. The molecule has 0 saturated heterocycles. The smallest absolute Gasteiger partial charge is 0.306 e. The molecule has 0 atom stereocenters. The summed E-state index contributed by atoms with van der Waals surface area (Å²) in [6.45, 7) is 3.66. The first-order chi connectivity index (χ1) is 6.66. The third kappa shape index (κ3) is 8.77.